The first-order valence-electron chi connectivity index (χ1n) is 13.9. The number of esters is 1. The molecule has 0 aromatic heterocycles. The molecule has 0 radical (unpaired) electrons. The van der Waals surface area contributed by atoms with Crippen LogP contribution in [0.4, 0.5) is 0 Å². The van der Waals surface area contributed by atoms with Crippen LogP contribution in [0.15, 0.2) is 12.2 Å². The van der Waals surface area contributed by atoms with Gasteiger partial charge in [-0.15, -0.1) is 0 Å². The van der Waals surface area contributed by atoms with Crippen LogP contribution in [-0.2, 0) is 9.53 Å². The Balaban J connectivity index is 0. The third-order valence-corrected chi connectivity index (χ3v) is 5.54. The summed E-state index contributed by atoms with van der Waals surface area (Å²) in [5.41, 5.74) is 0. The second kappa shape index (κ2) is 33.3. The Morgan fingerprint density at radius 2 is 1.06 bits per heavy atom. The van der Waals surface area contributed by atoms with Gasteiger partial charge in [-0.2, -0.15) is 0 Å². The molecule has 0 saturated heterocycles. The Kier molecular flexibility index (Phi) is 34.5. The fourth-order valence-electron chi connectivity index (χ4n) is 3.56. The van der Waals surface area contributed by atoms with Crippen LogP contribution in [0, 0.1) is 0 Å². The van der Waals surface area contributed by atoms with E-state index in [9.17, 15) is 4.79 Å². The largest absolute Gasteiger partial charge is 0.466 e. The molecule has 0 aliphatic rings. The molecule has 0 bridgehead atoms. The number of aliphatic hydroxyl groups is 2. The number of carbonyl (C=O) groups excluding carboxylic acids is 1. The molecule has 0 amide bonds. The summed E-state index contributed by atoms with van der Waals surface area (Å²) < 4.78 is 4.94. The van der Waals surface area contributed by atoms with Crippen LogP contribution in [0.5, 0.6) is 0 Å². The molecule has 0 atom stereocenters. The summed E-state index contributed by atoms with van der Waals surface area (Å²) in [6.45, 7) is 5.78. The van der Waals surface area contributed by atoms with E-state index in [1.807, 2.05) is 0 Å². The second-order valence-corrected chi connectivity index (χ2v) is 8.89. The number of carbonyl (C=O) groups is 1. The summed E-state index contributed by atoms with van der Waals surface area (Å²) in [5, 5.41) is 19.1. The van der Waals surface area contributed by atoms with Crippen molar-refractivity contribution in [2.45, 2.75) is 129 Å². The number of hydrogen-bond donors (Lipinski definition) is 3. The lowest BCUT2D eigenvalue weighted by Crippen LogP contribution is -2.21. The van der Waals surface area contributed by atoms with E-state index in [1.54, 1.807) is 0 Å². The summed E-state index contributed by atoms with van der Waals surface area (Å²) in [7, 11) is 0. The number of unbranched alkanes of at least 4 members (excludes halogenated alkanes) is 16. The predicted octanol–water partition coefficient (Wildman–Crippen LogP) is 6.71. The average Bonchev–Trinajstić information content (AvgIpc) is 2.80. The first-order chi connectivity index (χ1) is 16.2. The molecule has 0 rings (SSSR count). The Morgan fingerprint density at radius 3 is 1.45 bits per heavy atom. The van der Waals surface area contributed by atoms with Crippen molar-refractivity contribution in [3.63, 3.8) is 0 Å². The SMILES string of the molecule is CCCCCCCC/C=C\CCCCCCCCCCCCOC(C)=O.OCCNCCO. The molecule has 5 heteroatoms. The minimum atomic E-state index is -0.154. The van der Waals surface area contributed by atoms with Crippen LogP contribution in [-0.4, -0.2) is 49.1 Å². The molecule has 0 aliphatic heterocycles. The van der Waals surface area contributed by atoms with Gasteiger partial charge in [0, 0.05) is 20.0 Å². The fourth-order valence-corrected chi connectivity index (χ4v) is 3.56. The van der Waals surface area contributed by atoms with Crippen LogP contribution >= 0.6 is 0 Å². The van der Waals surface area contributed by atoms with Gasteiger partial charge < -0.3 is 20.3 Å². The van der Waals surface area contributed by atoms with Crippen LogP contribution < -0.4 is 5.32 Å². The van der Waals surface area contributed by atoms with Gasteiger partial charge in [0.2, 0.25) is 0 Å². The third-order valence-electron chi connectivity index (χ3n) is 5.54. The van der Waals surface area contributed by atoms with Crippen molar-refractivity contribution in [3.8, 4) is 0 Å². The van der Waals surface area contributed by atoms with E-state index in [0.717, 1.165) is 6.42 Å². The summed E-state index contributed by atoms with van der Waals surface area (Å²) in [6, 6.07) is 0. The van der Waals surface area contributed by atoms with E-state index in [-0.39, 0.29) is 19.2 Å². The molecule has 3 N–H and O–H groups in total. The molecule has 0 spiro atoms. The minimum absolute atomic E-state index is 0.139. The van der Waals surface area contributed by atoms with Gasteiger partial charge in [-0.25, -0.2) is 0 Å². The first-order valence-corrected chi connectivity index (χ1v) is 13.9. The number of aliphatic hydroxyl groups excluding tert-OH is 2. The lowest BCUT2D eigenvalue weighted by Gasteiger charge is -2.03. The molecule has 0 aliphatic carbocycles. The van der Waals surface area contributed by atoms with Gasteiger partial charge in [0.05, 0.1) is 19.8 Å². The quantitative estimate of drug-likeness (QED) is 0.0828. The molecule has 0 aromatic rings. The van der Waals surface area contributed by atoms with Crippen molar-refractivity contribution in [2.75, 3.05) is 32.9 Å². The lowest BCUT2D eigenvalue weighted by molar-refractivity contribution is -0.141. The van der Waals surface area contributed by atoms with E-state index in [4.69, 9.17) is 14.9 Å². The Hall–Kier alpha value is -0.910. The van der Waals surface area contributed by atoms with Gasteiger partial charge in [-0.3, -0.25) is 4.79 Å². The number of nitrogens with one attached hydrogen (secondary N) is 1. The normalized spacial score (nSPS) is 10.9. The average molecular weight is 472 g/mol. The number of allylic oxidation sites excluding steroid dienone is 2. The van der Waals surface area contributed by atoms with Crippen LogP contribution in [0.1, 0.15) is 129 Å². The molecule has 0 aromatic carbocycles. The van der Waals surface area contributed by atoms with E-state index in [0.29, 0.717) is 19.7 Å². The highest BCUT2D eigenvalue weighted by Crippen LogP contribution is 2.12. The van der Waals surface area contributed by atoms with Crippen molar-refractivity contribution in [2.24, 2.45) is 0 Å². The van der Waals surface area contributed by atoms with Crippen LogP contribution in [0.25, 0.3) is 0 Å². The zero-order valence-corrected chi connectivity index (χ0v) is 22.1. The van der Waals surface area contributed by atoms with Gasteiger partial charge in [-0.1, -0.05) is 103 Å². The van der Waals surface area contributed by atoms with Crippen molar-refractivity contribution < 1.29 is 19.7 Å². The van der Waals surface area contributed by atoms with Crippen LogP contribution in [0.3, 0.4) is 0 Å². The van der Waals surface area contributed by atoms with E-state index >= 15 is 0 Å². The molecule has 5 nitrogen and oxygen atoms in total. The number of ether oxygens (including phenoxy) is 1. The van der Waals surface area contributed by atoms with E-state index in [1.165, 1.54) is 116 Å². The molecule has 0 heterocycles. The maximum absolute atomic E-state index is 10.6. The summed E-state index contributed by atoms with van der Waals surface area (Å²) in [4.78, 5) is 10.6. The highest BCUT2D eigenvalue weighted by atomic mass is 16.5. The van der Waals surface area contributed by atoms with Crippen LogP contribution in [0.2, 0.25) is 0 Å². The van der Waals surface area contributed by atoms with Crippen molar-refractivity contribution >= 4 is 5.97 Å². The Bertz CT molecular complexity index is 384. The molecule has 198 valence electrons. The maximum atomic E-state index is 10.6. The second-order valence-electron chi connectivity index (χ2n) is 8.89. The molecular weight excluding hydrogens is 414 g/mol. The zero-order chi connectivity index (χ0) is 24.7. The molecule has 0 saturated carbocycles. The molecule has 33 heavy (non-hydrogen) atoms. The minimum Gasteiger partial charge on any atom is -0.466 e. The lowest BCUT2D eigenvalue weighted by atomic mass is 10.1. The topological polar surface area (TPSA) is 78.8 Å². The molecule has 0 fully saturated rings. The fraction of sp³-hybridized carbons (Fsp3) is 0.893. The van der Waals surface area contributed by atoms with Crippen molar-refractivity contribution in [1.82, 2.24) is 5.32 Å². The van der Waals surface area contributed by atoms with Crippen molar-refractivity contribution in [3.05, 3.63) is 12.2 Å². The number of rotatable bonds is 24. The standard InChI is InChI=1S/C24H46O2.C4H11NO2/c1-3-4-5-6-7-8-9-10-11-12-13-14-15-16-17-18-19-20-21-22-23-26-24(2)25;6-3-1-5-2-4-7/h10-11H,3-9,12-23H2,1-2H3;5-7H,1-4H2/b11-10-;. The molecular formula is C28H57NO4. The number of hydrogen-bond acceptors (Lipinski definition) is 5. The summed E-state index contributed by atoms with van der Waals surface area (Å²) in [6.07, 6.45) is 28.9. The zero-order valence-electron chi connectivity index (χ0n) is 22.1. The predicted molar refractivity (Wildman–Crippen MR) is 142 cm³/mol. The van der Waals surface area contributed by atoms with Gasteiger partial charge in [-0.05, 0) is 32.1 Å². The van der Waals surface area contributed by atoms with Gasteiger partial charge in [0.1, 0.15) is 0 Å². The van der Waals surface area contributed by atoms with Crippen molar-refractivity contribution in [1.29, 1.82) is 0 Å². The van der Waals surface area contributed by atoms with E-state index in [2.05, 4.69) is 24.4 Å². The maximum Gasteiger partial charge on any atom is 0.302 e. The summed E-state index contributed by atoms with van der Waals surface area (Å²) >= 11 is 0. The Labute approximate surface area is 205 Å². The molecule has 0 unspecified atom stereocenters. The van der Waals surface area contributed by atoms with E-state index < -0.39 is 0 Å². The van der Waals surface area contributed by atoms with Gasteiger partial charge in [0.25, 0.3) is 0 Å². The highest BCUT2D eigenvalue weighted by Gasteiger charge is 1.95. The smallest absolute Gasteiger partial charge is 0.302 e. The highest BCUT2D eigenvalue weighted by molar-refractivity contribution is 5.65. The van der Waals surface area contributed by atoms with Gasteiger partial charge in [0.15, 0.2) is 0 Å². The monoisotopic (exact) mass is 471 g/mol. The summed E-state index contributed by atoms with van der Waals surface area (Å²) in [5.74, 6) is -0.154. The Morgan fingerprint density at radius 1 is 0.667 bits per heavy atom. The first kappa shape index (κ1) is 34.3. The van der Waals surface area contributed by atoms with Gasteiger partial charge >= 0.3 is 5.97 Å². The third kappa shape index (κ3) is 38.7.